The van der Waals surface area contributed by atoms with Crippen LogP contribution in [0, 0.1) is 0 Å². The third-order valence-electron chi connectivity index (χ3n) is 4.14. The maximum Gasteiger partial charge on any atom is 0.191 e. The van der Waals surface area contributed by atoms with Gasteiger partial charge in [-0.15, -0.1) is 0 Å². The van der Waals surface area contributed by atoms with Crippen molar-refractivity contribution >= 4 is 5.96 Å². The Morgan fingerprint density at radius 3 is 2.88 bits per heavy atom. The lowest BCUT2D eigenvalue weighted by Crippen LogP contribution is -2.41. The van der Waals surface area contributed by atoms with E-state index in [9.17, 15) is 0 Å². The van der Waals surface area contributed by atoms with Gasteiger partial charge in [0, 0.05) is 38.2 Å². The number of aromatic nitrogens is 3. The normalized spacial score (nSPS) is 12.8. The highest BCUT2D eigenvalue weighted by Gasteiger charge is 2.06. The van der Waals surface area contributed by atoms with E-state index in [1.165, 1.54) is 32.1 Å². The van der Waals surface area contributed by atoms with Crippen LogP contribution < -0.4 is 10.6 Å². The van der Waals surface area contributed by atoms with E-state index < -0.39 is 0 Å². The molecule has 6 heteroatoms. The van der Waals surface area contributed by atoms with E-state index in [4.69, 9.17) is 0 Å². The van der Waals surface area contributed by atoms with E-state index >= 15 is 0 Å². The summed E-state index contributed by atoms with van der Waals surface area (Å²) in [5, 5.41) is 6.84. The molecule has 6 nitrogen and oxygen atoms in total. The quantitative estimate of drug-likeness (QED) is 0.417. The monoisotopic (exact) mass is 342 g/mol. The Kier molecular flexibility index (Phi) is 7.95. The smallest absolute Gasteiger partial charge is 0.191 e. The van der Waals surface area contributed by atoms with Crippen molar-refractivity contribution in [2.45, 2.75) is 58.5 Å². The summed E-state index contributed by atoms with van der Waals surface area (Å²) in [4.78, 5) is 12.8. The van der Waals surface area contributed by atoms with Crippen molar-refractivity contribution in [2.24, 2.45) is 4.99 Å². The zero-order chi connectivity index (χ0) is 17.9. The number of aliphatic imine (C=N–C) groups is 1. The predicted molar refractivity (Wildman–Crippen MR) is 103 cm³/mol. The molecule has 0 spiro atoms. The molecule has 0 fully saturated rings. The first kappa shape index (κ1) is 19.0. The molecule has 0 aliphatic carbocycles. The second-order valence-corrected chi connectivity index (χ2v) is 6.31. The van der Waals surface area contributed by atoms with Crippen molar-refractivity contribution in [3.05, 3.63) is 42.6 Å². The maximum absolute atomic E-state index is 4.38. The summed E-state index contributed by atoms with van der Waals surface area (Å²) in [6, 6.07) is 4.48. The van der Waals surface area contributed by atoms with Gasteiger partial charge in [0.1, 0.15) is 12.1 Å². The summed E-state index contributed by atoms with van der Waals surface area (Å²) in [6.45, 7) is 5.15. The molecule has 0 aliphatic rings. The van der Waals surface area contributed by atoms with Crippen LogP contribution in [0.25, 0.3) is 5.82 Å². The fraction of sp³-hybridized carbons (Fsp3) is 0.526. The molecule has 2 aromatic heterocycles. The Labute approximate surface area is 150 Å². The molecule has 0 aliphatic heterocycles. The standard InChI is InChI=1S/C19H30N6/c1-4-5-6-7-8-16(2)24-19(20-3)23-14-17-9-10-22-18(13-17)25-12-11-21-15-25/h9-13,15-16H,4-8,14H2,1-3H3,(H2,20,23,24). The van der Waals surface area contributed by atoms with Crippen LogP contribution in [0.2, 0.25) is 0 Å². The van der Waals surface area contributed by atoms with Crippen LogP contribution in [-0.2, 0) is 6.54 Å². The van der Waals surface area contributed by atoms with E-state index in [2.05, 4.69) is 45.5 Å². The largest absolute Gasteiger partial charge is 0.354 e. The molecule has 2 aromatic rings. The van der Waals surface area contributed by atoms with Crippen molar-refractivity contribution in [3.63, 3.8) is 0 Å². The molecule has 25 heavy (non-hydrogen) atoms. The third kappa shape index (κ3) is 6.57. The van der Waals surface area contributed by atoms with Crippen molar-refractivity contribution < 1.29 is 0 Å². The van der Waals surface area contributed by atoms with Gasteiger partial charge in [-0.25, -0.2) is 9.97 Å². The first-order chi connectivity index (χ1) is 12.2. The molecule has 2 heterocycles. The lowest BCUT2D eigenvalue weighted by Gasteiger charge is -2.18. The Hall–Kier alpha value is -2.37. The van der Waals surface area contributed by atoms with Crippen LogP contribution in [0.5, 0.6) is 0 Å². The lowest BCUT2D eigenvalue weighted by atomic mass is 10.1. The first-order valence-electron chi connectivity index (χ1n) is 9.13. The third-order valence-corrected chi connectivity index (χ3v) is 4.14. The second-order valence-electron chi connectivity index (χ2n) is 6.31. The van der Waals surface area contributed by atoms with E-state index in [-0.39, 0.29) is 0 Å². The van der Waals surface area contributed by atoms with Crippen molar-refractivity contribution in [1.82, 2.24) is 25.2 Å². The summed E-state index contributed by atoms with van der Waals surface area (Å²) < 4.78 is 1.90. The molecule has 2 rings (SSSR count). The number of imidazole rings is 1. The van der Waals surface area contributed by atoms with E-state index in [0.29, 0.717) is 12.6 Å². The zero-order valence-electron chi connectivity index (χ0n) is 15.6. The summed E-state index contributed by atoms with van der Waals surface area (Å²) >= 11 is 0. The van der Waals surface area contributed by atoms with Gasteiger partial charge in [0.05, 0.1) is 0 Å². The van der Waals surface area contributed by atoms with Gasteiger partial charge in [-0.1, -0.05) is 32.6 Å². The Morgan fingerprint density at radius 2 is 2.16 bits per heavy atom. The number of hydrogen-bond donors (Lipinski definition) is 2. The second kappa shape index (κ2) is 10.5. The van der Waals surface area contributed by atoms with Gasteiger partial charge in [0.2, 0.25) is 0 Å². The number of unbranched alkanes of at least 4 members (excludes halogenated alkanes) is 3. The van der Waals surface area contributed by atoms with Gasteiger partial charge in [-0.05, 0) is 31.0 Å². The van der Waals surface area contributed by atoms with Crippen molar-refractivity contribution in [3.8, 4) is 5.82 Å². The van der Waals surface area contributed by atoms with E-state index in [0.717, 1.165) is 17.3 Å². The highest BCUT2D eigenvalue weighted by molar-refractivity contribution is 5.79. The molecule has 2 N–H and O–H groups in total. The number of nitrogens with one attached hydrogen (secondary N) is 2. The van der Waals surface area contributed by atoms with Crippen LogP contribution in [0.1, 0.15) is 51.5 Å². The van der Waals surface area contributed by atoms with Crippen LogP contribution >= 0.6 is 0 Å². The number of pyridine rings is 1. The van der Waals surface area contributed by atoms with Gasteiger partial charge in [-0.2, -0.15) is 0 Å². The molecule has 0 saturated carbocycles. The average molecular weight is 342 g/mol. The van der Waals surface area contributed by atoms with Gasteiger partial charge in [-0.3, -0.25) is 9.56 Å². The van der Waals surface area contributed by atoms with Crippen LogP contribution in [0.3, 0.4) is 0 Å². The van der Waals surface area contributed by atoms with Crippen LogP contribution in [0.15, 0.2) is 42.0 Å². The van der Waals surface area contributed by atoms with E-state index in [1.807, 2.05) is 30.1 Å². The Balaban J connectivity index is 1.81. The maximum atomic E-state index is 4.38. The van der Waals surface area contributed by atoms with Crippen LogP contribution in [0.4, 0.5) is 0 Å². The molecule has 1 atom stereocenters. The summed E-state index contributed by atoms with van der Waals surface area (Å²) in [5.41, 5.74) is 1.15. The van der Waals surface area contributed by atoms with Gasteiger partial charge in [0.25, 0.3) is 0 Å². The van der Waals surface area contributed by atoms with Crippen LogP contribution in [-0.4, -0.2) is 33.6 Å². The highest BCUT2D eigenvalue weighted by atomic mass is 15.2. The topological polar surface area (TPSA) is 67.1 Å². The minimum Gasteiger partial charge on any atom is -0.354 e. The zero-order valence-corrected chi connectivity index (χ0v) is 15.6. The van der Waals surface area contributed by atoms with Crippen molar-refractivity contribution in [2.75, 3.05) is 7.05 Å². The molecule has 0 aromatic carbocycles. The average Bonchev–Trinajstić information content (AvgIpc) is 3.17. The number of rotatable bonds is 9. The summed E-state index contributed by atoms with van der Waals surface area (Å²) in [5.74, 6) is 1.70. The van der Waals surface area contributed by atoms with Gasteiger partial charge >= 0.3 is 0 Å². The van der Waals surface area contributed by atoms with Gasteiger partial charge in [0.15, 0.2) is 5.96 Å². The minimum atomic E-state index is 0.419. The molecule has 1 unspecified atom stereocenters. The predicted octanol–water partition coefficient (Wildman–Crippen LogP) is 3.29. The molecular formula is C19H30N6. The number of hydrogen-bond acceptors (Lipinski definition) is 3. The first-order valence-corrected chi connectivity index (χ1v) is 9.13. The highest BCUT2D eigenvalue weighted by Crippen LogP contribution is 2.07. The fourth-order valence-corrected chi connectivity index (χ4v) is 2.67. The Morgan fingerprint density at radius 1 is 1.28 bits per heavy atom. The minimum absolute atomic E-state index is 0.419. The lowest BCUT2D eigenvalue weighted by molar-refractivity contribution is 0.537. The SMILES string of the molecule is CCCCCCC(C)NC(=NC)NCc1ccnc(-n2ccnc2)c1. The molecule has 0 bridgehead atoms. The molecule has 0 saturated heterocycles. The molecule has 0 amide bonds. The van der Waals surface area contributed by atoms with E-state index in [1.54, 1.807) is 12.5 Å². The fourth-order valence-electron chi connectivity index (χ4n) is 2.67. The number of nitrogens with zero attached hydrogens (tertiary/aromatic N) is 4. The molecular weight excluding hydrogens is 312 g/mol. The van der Waals surface area contributed by atoms with Crippen molar-refractivity contribution in [1.29, 1.82) is 0 Å². The molecule has 136 valence electrons. The number of guanidine groups is 1. The Bertz CT molecular complexity index is 635. The summed E-state index contributed by atoms with van der Waals surface area (Å²) in [7, 11) is 1.81. The summed E-state index contributed by atoms with van der Waals surface area (Å²) in [6.07, 6.45) is 13.5. The molecule has 0 radical (unpaired) electrons. The van der Waals surface area contributed by atoms with Gasteiger partial charge < -0.3 is 10.6 Å².